The number of amides is 2. The van der Waals surface area contributed by atoms with Crippen LogP contribution in [0.5, 0.6) is 0 Å². The fourth-order valence-electron chi connectivity index (χ4n) is 5.56. The Bertz CT molecular complexity index is 1090. The molecule has 0 bridgehead atoms. The molecule has 1 saturated carbocycles. The fourth-order valence-corrected chi connectivity index (χ4v) is 5.56. The quantitative estimate of drug-likeness (QED) is 0.561. The minimum absolute atomic E-state index is 0.0820. The summed E-state index contributed by atoms with van der Waals surface area (Å²) in [6.07, 6.45) is 1.90. The van der Waals surface area contributed by atoms with E-state index in [9.17, 15) is 19.5 Å². The van der Waals surface area contributed by atoms with Crippen LogP contribution in [0.1, 0.15) is 55.6 Å². The highest BCUT2D eigenvalue weighted by atomic mass is 16.5. The van der Waals surface area contributed by atoms with Gasteiger partial charge < -0.3 is 25.2 Å². The number of alkyl carbamates (subject to hydrolysis) is 1. The zero-order valence-electron chi connectivity index (χ0n) is 19.5. The molecule has 3 N–H and O–H groups in total. The molecule has 1 heterocycles. The monoisotopic (exact) mass is 478 g/mol. The molecule has 1 saturated heterocycles. The molecular formula is C27H30N2O6. The van der Waals surface area contributed by atoms with E-state index in [4.69, 9.17) is 9.47 Å². The molecule has 5 rings (SSSR count). The molecule has 1 aliphatic heterocycles. The number of nitrogens with one attached hydrogen (secondary N) is 2. The number of carboxylic acids is 1. The molecule has 0 spiro atoms. The highest BCUT2D eigenvalue weighted by Gasteiger charge is 2.48. The van der Waals surface area contributed by atoms with E-state index in [2.05, 4.69) is 34.9 Å². The molecule has 0 radical (unpaired) electrons. The zero-order chi connectivity index (χ0) is 24.5. The summed E-state index contributed by atoms with van der Waals surface area (Å²) in [5.74, 6) is -1.40. The first-order valence-electron chi connectivity index (χ1n) is 12.2. The van der Waals surface area contributed by atoms with Gasteiger partial charge in [0.2, 0.25) is 5.91 Å². The van der Waals surface area contributed by atoms with Crippen molar-refractivity contribution in [3.8, 4) is 11.1 Å². The second kappa shape index (κ2) is 9.34. The number of carbonyl (C=O) groups is 3. The summed E-state index contributed by atoms with van der Waals surface area (Å²) in [5, 5.41) is 15.1. The third kappa shape index (κ3) is 4.50. The van der Waals surface area contributed by atoms with E-state index in [-0.39, 0.29) is 24.9 Å². The third-order valence-corrected chi connectivity index (χ3v) is 7.64. The van der Waals surface area contributed by atoms with E-state index in [1.165, 1.54) is 0 Å². The van der Waals surface area contributed by atoms with Gasteiger partial charge in [-0.2, -0.15) is 0 Å². The van der Waals surface area contributed by atoms with Crippen molar-refractivity contribution in [3.05, 3.63) is 59.7 Å². The normalized spacial score (nSPS) is 19.5. The standard InChI is InChI=1S/C27H30N2O6/c30-23(31)16-26(10-5-11-26)28-24(32)27(12-14-34-15-13-27)29-25(33)35-17-22-20-8-3-1-6-18(20)19-7-2-4-9-21(19)22/h1-4,6-9,22H,5,10-17H2,(H,28,32)(H,29,33)(H,30,31). The van der Waals surface area contributed by atoms with Crippen LogP contribution in [0.3, 0.4) is 0 Å². The Morgan fingerprint density at radius 2 is 1.51 bits per heavy atom. The molecule has 2 fully saturated rings. The smallest absolute Gasteiger partial charge is 0.408 e. The second-order valence-electron chi connectivity index (χ2n) is 9.80. The molecule has 8 heteroatoms. The number of fused-ring (bicyclic) bond motifs is 3. The Hall–Kier alpha value is -3.39. The van der Waals surface area contributed by atoms with Crippen molar-refractivity contribution in [1.29, 1.82) is 0 Å². The van der Waals surface area contributed by atoms with Crippen LogP contribution in [0.15, 0.2) is 48.5 Å². The van der Waals surface area contributed by atoms with Gasteiger partial charge in [0, 0.05) is 32.0 Å². The van der Waals surface area contributed by atoms with E-state index in [0.717, 1.165) is 28.7 Å². The summed E-state index contributed by atoms with van der Waals surface area (Å²) in [6, 6.07) is 16.2. The molecule has 0 aromatic heterocycles. The van der Waals surface area contributed by atoms with E-state index in [1.54, 1.807) is 0 Å². The van der Waals surface area contributed by atoms with Crippen LogP contribution in [0.2, 0.25) is 0 Å². The number of ether oxygens (including phenoxy) is 2. The highest BCUT2D eigenvalue weighted by molar-refractivity contribution is 5.91. The molecule has 0 atom stereocenters. The molecule has 2 aromatic rings. The van der Waals surface area contributed by atoms with Gasteiger partial charge >= 0.3 is 12.1 Å². The predicted octanol–water partition coefficient (Wildman–Crippen LogP) is 3.59. The molecule has 2 amide bonds. The summed E-state index contributed by atoms with van der Waals surface area (Å²) in [7, 11) is 0. The molecule has 184 valence electrons. The summed E-state index contributed by atoms with van der Waals surface area (Å²) in [6.45, 7) is 0.795. The lowest BCUT2D eigenvalue weighted by molar-refractivity contribution is -0.142. The van der Waals surface area contributed by atoms with Gasteiger partial charge in [-0.15, -0.1) is 0 Å². The molecule has 0 unspecified atom stereocenters. The van der Waals surface area contributed by atoms with Gasteiger partial charge in [0.05, 0.1) is 12.0 Å². The Labute approximate surface area is 204 Å². The van der Waals surface area contributed by atoms with Crippen molar-refractivity contribution in [2.45, 2.75) is 55.5 Å². The lowest BCUT2D eigenvalue weighted by Crippen LogP contribution is -2.66. The van der Waals surface area contributed by atoms with Crippen LogP contribution in [-0.2, 0) is 19.1 Å². The molecule has 8 nitrogen and oxygen atoms in total. The number of carbonyl (C=O) groups excluding carboxylic acids is 2. The number of carboxylic acid groups (broad SMARTS) is 1. The lowest BCUT2D eigenvalue weighted by atomic mass is 9.73. The van der Waals surface area contributed by atoms with E-state index < -0.39 is 23.1 Å². The van der Waals surface area contributed by atoms with E-state index >= 15 is 0 Å². The maximum absolute atomic E-state index is 13.4. The van der Waals surface area contributed by atoms with Crippen LogP contribution in [0, 0.1) is 0 Å². The van der Waals surface area contributed by atoms with Crippen molar-refractivity contribution < 1.29 is 29.0 Å². The number of hydrogen-bond acceptors (Lipinski definition) is 5. The molecule has 2 aliphatic carbocycles. The average molecular weight is 479 g/mol. The third-order valence-electron chi connectivity index (χ3n) is 7.64. The maximum atomic E-state index is 13.4. The van der Waals surface area contributed by atoms with Gasteiger partial charge in [0.25, 0.3) is 0 Å². The van der Waals surface area contributed by atoms with Crippen LogP contribution in [-0.4, -0.2) is 54.0 Å². The van der Waals surface area contributed by atoms with Crippen LogP contribution in [0.25, 0.3) is 11.1 Å². The average Bonchev–Trinajstić information content (AvgIpc) is 3.15. The second-order valence-corrected chi connectivity index (χ2v) is 9.80. The Balaban J connectivity index is 1.28. The minimum atomic E-state index is -1.19. The largest absolute Gasteiger partial charge is 0.481 e. The van der Waals surface area contributed by atoms with Crippen molar-refractivity contribution in [1.82, 2.24) is 10.6 Å². The van der Waals surface area contributed by atoms with Crippen molar-refractivity contribution in [3.63, 3.8) is 0 Å². The van der Waals surface area contributed by atoms with Crippen LogP contribution in [0.4, 0.5) is 4.79 Å². The van der Waals surface area contributed by atoms with Gasteiger partial charge in [0.15, 0.2) is 0 Å². The number of rotatable bonds is 7. The Morgan fingerprint density at radius 3 is 2.06 bits per heavy atom. The molecule has 35 heavy (non-hydrogen) atoms. The summed E-state index contributed by atoms with van der Waals surface area (Å²) < 4.78 is 11.1. The first-order valence-corrected chi connectivity index (χ1v) is 12.2. The maximum Gasteiger partial charge on any atom is 0.408 e. The lowest BCUT2D eigenvalue weighted by Gasteiger charge is -2.45. The van der Waals surface area contributed by atoms with Gasteiger partial charge in [-0.25, -0.2) is 4.79 Å². The zero-order valence-corrected chi connectivity index (χ0v) is 19.5. The first kappa shape index (κ1) is 23.4. The van der Waals surface area contributed by atoms with Crippen LogP contribution < -0.4 is 10.6 Å². The molecule has 3 aliphatic rings. The molecule has 2 aromatic carbocycles. The minimum Gasteiger partial charge on any atom is -0.481 e. The fraction of sp³-hybridized carbons (Fsp3) is 0.444. The van der Waals surface area contributed by atoms with Gasteiger partial charge in [-0.1, -0.05) is 48.5 Å². The van der Waals surface area contributed by atoms with Crippen molar-refractivity contribution in [2.75, 3.05) is 19.8 Å². The predicted molar refractivity (Wildman–Crippen MR) is 128 cm³/mol. The highest BCUT2D eigenvalue weighted by Crippen LogP contribution is 2.44. The van der Waals surface area contributed by atoms with Gasteiger partial charge in [-0.3, -0.25) is 9.59 Å². The summed E-state index contributed by atoms with van der Waals surface area (Å²) in [4.78, 5) is 37.7. The number of hydrogen-bond donors (Lipinski definition) is 3. The van der Waals surface area contributed by atoms with Crippen molar-refractivity contribution in [2.24, 2.45) is 0 Å². The summed E-state index contributed by atoms with van der Waals surface area (Å²) in [5.41, 5.74) is 2.56. The van der Waals surface area contributed by atoms with Gasteiger partial charge in [0.1, 0.15) is 12.1 Å². The van der Waals surface area contributed by atoms with Gasteiger partial charge in [-0.05, 0) is 41.5 Å². The van der Waals surface area contributed by atoms with E-state index in [0.29, 0.717) is 38.9 Å². The molecular weight excluding hydrogens is 448 g/mol. The van der Waals surface area contributed by atoms with Crippen molar-refractivity contribution >= 4 is 18.0 Å². The Morgan fingerprint density at radius 1 is 0.914 bits per heavy atom. The number of benzene rings is 2. The summed E-state index contributed by atoms with van der Waals surface area (Å²) >= 11 is 0. The topological polar surface area (TPSA) is 114 Å². The van der Waals surface area contributed by atoms with E-state index in [1.807, 2.05) is 24.3 Å². The Kier molecular flexibility index (Phi) is 6.23. The first-order chi connectivity index (χ1) is 16.9. The SMILES string of the molecule is O=C(O)CC1(NC(=O)C2(NC(=O)OCC3c4ccccc4-c4ccccc43)CCOCC2)CCC1. The van der Waals surface area contributed by atoms with Crippen LogP contribution >= 0.6 is 0 Å². The number of aliphatic carboxylic acids is 1.